The molecule has 6 nitrogen and oxygen atoms in total. The molecule has 0 bridgehead atoms. The van der Waals surface area contributed by atoms with Crippen LogP contribution >= 0.6 is 0 Å². The third kappa shape index (κ3) is 5.81. The smallest absolute Gasteiger partial charge is 0.310 e. The van der Waals surface area contributed by atoms with Gasteiger partial charge in [0.1, 0.15) is 35.7 Å². The molecule has 0 radical (unpaired) electrons. The van der Waals surface area contributed by atoms with E-state index in [1.165, 1.54) is 25.5 Å². The van der Waals surface area contributed by atoms with Crippen molar-refractivity contribution in [3.63, 3.8) is 0 Å². The average Bonchev–Trinajstić information content (AvgIpc) is 3.36. The van der Waals surface area contributed by atoms with Gasteiger partial charge in [-0.25, -0.2) is 8.78 Å². The van der Waals surface area contributed by atoms with Gasteiger partial charge in [0.2, 0.25) is 0 Å². The fourth-order valence-electron chi connectivity index (χ4n) is 4.21. The van der Waals surface area contributed by atoms with E-state index in [0.717, 1.165) is 5.56 Å². The molecule has 37 heavy (non-hydrogen) atoms. The van der Waals surface area contributed by atoms with Gasteiger partial charge < -0.3 is 24.4 Å². The quantitative estimate of drug-likeness (QED) is 0.270. The van der Waals surface area contributed by atoms with Gasteiger partial charge in [-0.1, -0.05) is 30.3 Å². The largest absolute Gasteiger partial charge is 0.488 e. The number of ether oxygens (including phenoxy) is 3. The Balaban J connectivity index is 1.64. The Morgan fingerprint density at radius 1 is 1.03 bits per heavy atom. The van der Waals surface area contributed by atoms with Crippen molar-refractivity contribution in [1.82, 2.24) is 0 Å². The first-order chi connectivity index (χ1) is 17.8. The van der Waals surface area contributed by atoms with E-state index in [1.807, 2.05) is 13.0 Å². The molecule has 3 aromatic carbocycles. The summed E-state index contributed by atoms with van der Waals surface area (Å²) in [6.45, 7) is 3.80. The van der Waals surface area contributed by atoms with Crippen LogP contribution in [0.25, 0.3) is 22.1 Å². The Morgan fingerprint density at radius 3 is 2.59 bits per heavy atom. The number of rotatable bonds is 10. The van der Waals surface area contributed by atoms with Crippen molar-refractivity contribution >= 4 is 16.9 Å². The summed E-state index contributed by atoms with van der Waals surface area (Å²) in [6, 6.07) is 13.3. The van der Waals surface area contributed by atoms with Crippen LogP contribution in [0.2, 0.25) is 0 Å². The molecule has 0 amide bonds. The third-order valence-corrected chi connectivity index (χ3v) is 6.01. The molecule has 1 atom stereocenters. The van der Waals surface area contributed by atoms with Crippen molar-refractivity contribution in [1.29, 1.82) is 0 Å². The van der Waals surface area contributed by atoms with E-state index in [-0.39, 0.29) is 54.4 Å². The zero-order valence-corrected chi connectivity index (χ0v) is 21.0. The molecule has 0 saturated carbocycles. The highest BCUT2D eigenvalue weighted by Gasteiger charge is 2.20. The molecule has 8 heteroatoms. The summed E-state index contributed by atoms with van der Waals surface area (Å²) < 4.78 is 52.4. The molecule has 0 spiro atoms. The number of halogens is 2. The number of benzene rings is 3. The van der Waals surface area contributed by atoms with Gasteiger partial charge in [-0.05, 0) is 37.6 Å². The van der Waals surface area contributed by atoms with Crippen LogP contribution < -0.4 is 10.5 Å². The van der Waals surface area contributed by atoms with Gasteiger partial charge in [-0.2, -0.15) is 0 Å². The van der Waals surface area contributed by atoms with E-state index in [4.69, 9.17) is 24.4 Å². The summed E-state index contributed by atoms with van der Waals surface area (Å²) in [5.41, 5.74) is 8.63. The first-order valence-corrected chi connectivity index (χ1v) is 11.9. The summed E-state index contributed by atoms with van der Waals surface area (Å²) in [5.74, 6) is -1.00. The van der Waals surface area contributed by atoms with Crippen LogP contribution in [0, 0.1) is 18.6 Å². The van der Waals surface area contributed by atoms with Crippen LogP contribution in [0.1, 0.15) is 29.2 Å². The number of hydrogen-bond acceptors (Lipinski definition) is 6. The highest BCUT2D eigenvalue weighted by atomic mass is 19.1. The monoisotopic (exact) mass is 509 g/mol. The fourth-order valence-corrected chi connectivity index (χ4v) is 4.21. The maximum Gasteiger partial charge on any atom is 0.310 e. The molecule has 194 valence electrons. The summed E-state index contributed by atoms with van der Waals surface area (Å²) in [6.07, 6.45) is 0.955. The lowest BCUT2D eigenvalue weighted by molar-refractivity contribution is -0.149. The predicted octanol–water partition coefficient (Wildman–Crippen LogP) is 5.84. The standard InChI is InChI=1S/C29H29F2NO5/c1-17-7-8-19(13-26(33)37-18(2)15-34-3)25(11-17)36-16-21-12-24(29-23(28(21)31)9-10-35-29)22-6-4-5-20(14-32)27(22)30/h4-12,18H,13-16,32H2,1-3H3. The van der Waals surface area contributed by atoms with E-state index in [0.29, 0.717) is 22.4 Å². The second-order valence-corrected chi connectivity index (χ2v) is 8.88. The Labute approximate surface area is 213 Å². The van der Waals surface area contributed by atoms with Crippen LogP contribution in [0.15, 0.2) is 59.2 Å². The first kappa shape index (κ1) is 26.3. The predicted molar refractivity (Wildman–Crippen MR) is 136 cm³/mol. The van der Waals surface area contributed by atoms with E-state index >= 15 is 8.78 Å². The summed E-state index contributed by atoms with van der Waals surface area (Å²) in [4.78, 5) is 12.4. The Morgan fingerprint density at radius 2 is 1.84 bits per heavy atom. The van der Waals surface area contributed by atoms with Gasteiger partial charge >= 0.3 is 5.97 Å². The molecule has 0 saturated heterocycles. The second-order valence-electron chi connectivity index (χ2n) is 8.88. The van der Waals surface area contributed by atoms with Gasteiger partial charge in [-0.3, -0.25) is 4.79 Å². The number of carbonyl (C=O) groups is 1. The lowest BCUT2D eigenvalue weighted by Crippen LogP contribution is -2.21. The number of esters is 1. The van der Waals surface area contributed by atoms with Crippen molar-refractivity contribution in [3.05, 3.63) is 88.7 Å². The van der Waals surface area contributed by atoms with Gasteiger partial charge in [-0.15, -0.1) is 0 Å². The van der Waals surface area contributed by atoms with Crippen molar-refractivity contribution in [2.45, 2.75) is 39.5 Å². The number of nitrogens with two attached hydrogens (primary N) is 1. The van der Waals surface area contributed by atoms with Crippen molar-refractivity contribution < 1.29 is 32.2 Å². The molecule has 1 aromatic heterocycles. The second kappa shape index (κ2) is 11.5. The normalized spacial score (nSPS) is 12.1. The van der Waals surface area contributed by atoms with Gasteiger partial charge in [0, 0.05) is 41.5 Å². The van der Waals surface area contributed by atoms with E-state index in [2.05, 4.69) is 0 Å². The minimum Gasteiger partial charge on any atom is -0.488 e. The molecule has 0 aliphatic heterocycles. The van der Waals surface area contributed by atoms with E-state index < -0.39 is 17.6 Å². The molecular weight excluding hydrogens is 480 g/mol. The molecule has 1 heterocycles. The lowest BCUT2D eigenvalue weighted by atomic mass is 9.97. The van der Waals surface area contributed by atoms with Crippen LogP contribution in [-0.2, 0) is 33.8 Å². The average molecular weight is 510 g/mol. The summed E-state index contributed by atoms with van der Waals surface area (Å²) in [5, 5.41) is 0.217. The zero-order chi connectivity index (χ0) is 26.5. The van der Waals surface area contributed by atoms with Crippen LogP contribution in [0.4, 0.5) is 8.78 Å². The first-order valence-electron chi connectivity index (χ1n) is 11.9. The van der Waals surface area contributed by atoms with E-state index in [9.17, 15) is 4.79 Å². The minimum absolute atomic E-state index is 0.0186. The number of carbonyl (C=O) groups excluding carboxylic acids is 1. The minimum atomic E-state index is -0.523. The number of furan rings is 1. The topological polar surface area (TPSA) is 83.9 Å². The molecule has 4 aromatic rings. The maximum absolute atomic E-state index is 15.4. The molecule has 0 fully saturated rings. The summed E-state index contributed by atoms with van der Waals surface area (Å²) >= 11 is 0. The Kier molecular flexibility index (Phi) is 8.21. The molecule has 0 aliphatic rings. The zero-order valence-electron chi connectivity index (χ0n) is 21.0. The third-order valence-electron chi connectivity index (χ3n) is 6.01. The SMILES string of the molecule is COCC(C)OC(=O)Cc1ccc(C)cc1OCc1cc(-c2cccc(CN)c2F)c2occc2c1F. The van der Waals surface area contributed by atoms with Crippen molar-refractivity contribution in [2.24, 2.45) is 5.73 Å². The Hall–Kier alpha value is -3.75. The highest BCUT2D eigenvalue weighted by molar-refractivity contribution is 5.94. The molecular formula is C29H29F2NO5. The van der Waals surface area contributed by atoms with Crippen LogP contribution in [0.5, 0.6) is 5.75 Å². The number of aryl methyl sites for hydroxylation is 1. The van der Waals surface area contributed by atoms with Crippen molar-refractivity contribution in [2.75, 3.05) is 13.7 Å². The highest BCUT2D eigenvalue weighted by Crippen LogP contribution is 2.36. The summed E-state index contributed by atoms with van der Waals surface area (Å²) in [7, 11) is 1.53. The fraction of sp³-hybridized carbons (Fsp3) is 0.276. The number of hydrogen-bond donors (Lipinski definition) is 1. The molecule has 2 N–H and O–H groups in total. The molecule has 0 aliphatic carbocycles. The van der Waals surface area contributed by atoms with Gasteiger partial charge in [0.25, 0.3) is 0 Å². The van der Waals surface area contributed by atoms with E-state index in [1.54, 1.807) is 37.3 Å². The van der Waals surface area contributed by atoms with Gasteiger partial charge in [0.05, 0.1) is 24.7 Å². The Bertz CT molecular complexity index is 1420. The molecule has 1 unspecified atom stereocenters. The van der Waals surface area contributed by atoms with Crippen LogP contribution in [-0.4, -0.2) is 25.8 Å². The molecule has 4 rings (SSSR count). The van der Waals surface area contributed by atoms with Crippen LogP contribution in [0.3, 0.4) is 0 Å². The maximum atomic E-state index is 15.4. The number of methoxy groups -OCH3 is 1. The lowest BCUT2D eigenvalue weighted by Gasteiger charge is -2.16. The van der Waals surface area contributed by atoms with Crippen molar-refractivity contribution in [3.8, 4) is 16.9 Å². The van der Waals surface area contributed by atoms with Gasteiger partial charge in [0.15, 0.2) is 0 Å². The number of fused-ring (bicyclic) bond motifs is 1.